The van der Waals surface area contributed by atoms with Crippen LogP contribution in [0.1, 0.15) is 32.1 Å². The molecule has 0 spiro atoms. The molecule has 10 nitrogen and oxygen atoms in total. The molecule has 0 saturated heterocycles. The summed E-state index contributed by atoms with van der Waals surface area (Å²) < 4.78 is 24.6. The van der Waals surface area contributed by atoms with E-state index in [0.29, 0.717) is 33.9 Å². The number of hydrogen-bond donors (Lipinski definition) is 1. The molecule has 11 heteroatoms. The molecule has 0 radical (unpaired) electrons. The molecule has 0 atom stereocenters. The third-order valence-electron chi connectivity index (χ3n) is 8.71. The summed E-state index contributed by atoms with van der Waals surface area (Å²) in [4.78, 5) is 22.4. The van der Waals surface area contributed by atoms with E-state index in [0.717, 1.165) is 34.6 Å². The Hall–Kier alpha value is -4.67. The first-order valence-electron chi connectivity index (χ1n) is 14.4. The smallest absolute Gasteiger partial charge is 0.328 e. The normalized spacial score (nSPS) is 14.4. The molecule has 1 aliphatic carbocycles. The van der Waals surface area contributed by atoms with Crippen molar-refractivity contribution in [3.63, 3.8) is 0 Å². The highest BCUT2D eigenvalue weighted by molar-refractivity contribution is 5.94. The van der Waals surface area contributed by atoms with Crippen molar-refractivity contribution in [2.45, 2.75) is 32.1 Å². The summed E-state index contributed by atoms with van der Waals surface area (Å²) in [5.74, 6) is 0.862. The molecule has 0 aliphatic heterocycles. The van der Waals surface area contributed by atoms with Crippen molar-refractivity contribution in [1.82, 2.24) is 38.0 Å². The van der Waals surface area contributed by atoms with Gasteiger partial charge in [-0.05, 0) is 37.0 Å². The maximum Gasteiger partial charge on any atom is 0.328 e. The standard InChI is InChI=1S/C31H34FN9O/c1-37-18-33-16-28(37)30-36-24-12-22(20-15-35-38(2)17-20)23(32)13-26(24)41(30)21-10-25(34-14-19-8-6-5-7-9-19)29-27(11-21)39(3)31(42)40(29)4/h10-13,15-19,34H,5-9,14H2,1-4H3. The molecule has 216 valence electrons. The van der Waals surface area contributed by atoms with Crippen molar-refractivity contribution in [2.24, 2.45) is 34.1 Å². The van der Waals surface area contributed by atoms with Gasteiger partial charge in [0.25, 0.3) is 0 Å². The Bertz CT molecular complexity index is 2020. The van der Waals surface area contributed by atoms with Crippen LogP contribution < -0.4 is 11.0 Å². The van der Waals surface area contributed by atoms with E-state index in [-0.39, 0.29) is 11.5 Å². The number of hydrogen-bond acceptors (Lipinski definition) is 5. The number of aryl methyl sites for hydroxylation is 4. The van der Waals surface area contributed by atoms with Crippen LogP contribution in [0.15, 0.2) is 54.0 Å². The van der Waals surface area contributed by atoms with Crippen LogP contribution in [-0.4, -0.2) is 44.6 Å². The molecule has 42 heavy (non-hydrogen) atoms. The monoisotopic (exact) mass is 567 g/mol. The van der Waals surface area contributed by atoms with Crippen molar-refractivity contribution in [2.75, 3.05) is 11.9 Å². The van der Waals surface area contributed by atoms with Gasteiger partial charge in [0, 0.05) is 58.1 Å². The molecule has 2 aromatic carbocycles. The third-order valence-corrected chi connectivity index (χ3v) is 8.71. The molecule has 6 aromatic rings. The Morgan fingerprint density at radius 2 is 1.79 bits per heavy atom. The molecule has 4 heterocycles. The van der Waals surface area contributed by atoms with Crippen LogP contribution in [0, 0.1) is 11.7 Å². The fraction of sp³-hybridized carbons (Fsp3) is 0.355. The second-order valence-electron chi connectivity index (χ2n) is 11.5. The van der Waals surface area contributed by atoms with Crippen molar-refractivity contribution >= 4 is 27.8 Å². The lowest BCUT2D eigenvalue weighted by Gasteiger charge is -2.23. The average molecular weight is 568 g/mol. The molecule has 1 N–H and O–H groups in total. The highest BCUT2D eigenvalue weighted by Crippen LogP contribution is 2.36. The Morgan fingerprint density at radius 3 is 2.50 bits per heavy atom. The highest BCUT2D eigenvalue weighted by atomic mass is 19.1. The van der Waals surface area contributed by atoms with Gasteiger partial charge in [0.15, 0.2) is 5.82 Å². The summed E-state index contributed by atoms with van der Waals surface area (Å²) in [5, 5.41) is 7.91. The number of aromatic nitrogens is 8. The number of nitrogens with zero attached hydrogens (tertiary/aromatic N) is 8. The summed E-state index contributed by atoms with van der Waals surface area (Å²) in [7, 11) is 7.31. The molecule has 0 bridgehead atoms. The summed E-state index contributed by atoms with van der Waals surface area (Å²) in [6.45, 7) is 0.837. The quantitative estimate of drug-likeness (QED) is 0.301. The Labute approximate surface area is 242 Å². The Balaban J connectivity index is 1.46. The molecule has 0 unspecified atom stereocenters. The number of benzene rings is 2. The number of rotatable bonds is 6. The van der Waals surface area contributed by atoms with E-state index in [1.807, 2.05) is 29.3 Å². The first-order valence-corrected chi connectivity index (χ1v) is 14.4. The lowest BCUT2D eigenvalue weighted by molar-refractivity contribution is 0.373. The number of fused-ring (bicyclic) bond motifs is 2. The van der Waals surface area contributed by atoms with Crippen LogP contribution in [-0.2, 0) is 28.2 Å². The minimum atomic E-state index is -0.364. The fourth-order valence-electron chi connectivity index (χ4n) is 6.43. The summed E-state index contributed by atoms with van der Waals surface area (Å²) in [6, 6.07) is 7.35. The van der Waals surface area contributed by atoms with Gasteiger partial charge in [-0.1, -0.05) is 19.3 Å². The maximum atomic E-state index is 15.8. The van der Waals surface area contributed by atoms with Gasteiger partial charge in [0.05, 0.1) is 52.2 Å². The van der Waals surface area contributed by atoms with Crippen LogP contribution in [0.25, 0.3) is 50.4 Å². The fourth-order valence-corrected chi connectivity index (χ4v) is 6.43. The van der Waals surface area contributed by atoms with E-state index >= 15 is 4.39 Å². The van der Waals surface area contributed by atoms with Crippen LogP contribution in [0.5, 0.6) is 0 Å². The Morgan fingerprint density at radius 1 is 0.976 bits per heavy atom. The van der Waals surface area contributed by atoms with Crippen LogP contribution in [0.2, 0.25) is 0 Å². The topological polar surface area (TPSA) is 92.4 Å². The van der Waals surface area contributed by atoms with Crippen LogP contribution in [0.4, 0.5) is 10.1 Å². The zero-order valence-electron chi connectivity index (χ0n) is 24.3. The van der Waals surface area contributed by atoms with E-state index in [1.54, 1.807) is 58.9 Å². The number of halogens is 1. The molecule has 4 aromatic heterocycles. The molecular weight excluding hydrogens is 533 g/mol. The lowest BCUT2D eigenvalue weighted by Crippen LogP contribution is -2.20. The van der Waals surface area contributed by atoms with Gasteiger partial charge in [-0.15, -0.1) is 0 Å². The predicted molar refractivity (Wildman–Crippen MR) is 162 cm³/mol. The van der Waals surface area contributed by atoms with Gasteiger partial charge in [0.2, 0.25) is 0 Å². The van der Waals surface area contributed by atoms with E-state index in [1.165, 1.54) is 38.2 Å². The lowest BCUT2D eigenvalue weighted by atomic mass is 9.89. The summed E-state index contributed by atoms with van der Waals surface area (Å²) >= 11 is 0. The van der Waals surface area contributed by atoms with Crippen molar-refractivity contribution in [1.29, 1.82) is 0 Å². The zero-order valence-corrected chi connectivity index (χ0v) is 24.3. The van der Waals surface area contributed by atoms with Crippen molar-refractivity contribution in [3.8, 4) is 28.3 Å². The second-order valence-corrected chi connectivity index (χ2v) is 11.5. The SMILES string of the molecule is Cn1cc(-c2cc3nc(-c4cncn4C)n(-c4cc(NCC5CCCCC5)c5c(c4)n(C)c(=O)n5C)c3cc2F)cn1. The number of anilines is 1. The van der Waals surface area contributed by atoms with Gasteiger partial charge in [0.1, 0.15) is 11.5 Å². The van der Waals surface area contributed by atoms with E-state index in [2.05, 4.69) is 21.5 Å². The Kier molecular flexibility index (Phi) is 6.25. The summed E-state index contributed by atoms with van der Waals surface area (Å²) in [6.07, 6.45) is 13.1. The van der Waals surface area contributed by atoms with Crippen LogP contribution in [0.3, 0.4) is 0 Å². The predicted octanol–water partition coefficient (Wildman–Crippen LogP) is 5.15. The summed E-state index contributed by atoms with van der Waals surface area (Å²) in [5.41, 5.74) is 6.36. The maximum absolute atomic E-state index is 15.8. The first-order chi connectivity index (χ1) is 20.3. The van der Waals surface area contributed by atoms with E-state index < -0.39 is 0 Å². The van der Waals surface area contributed by atoms with Gasteiger partial charge >= 0.3 is 5.69 Å². The molecule has 0 amide bonds. The van der Waals surface area contributed by atoms with Gasteiger partial charge in [-0.2, -0.15) is 5.10 Å². The second kappa shape index (κ2) is 10.0. The van der Waals surface area contributed by atoms with Gasteiger partial charge < -0.3 is 9.88 Å². The first kappa shape index (κ1) is 26.2. The van der Waals surface area contributed by atoms with E-state index in [4.69, 9.17) is 4.98 Å². The molecule has 1 fully saturated rings. The third kappa shape index (κ3) is 4.22. The van der Waals surface area contributed by atoms with Crippen molar-refractivity contribution < 1.29 is 4.39 Å². The minimum absolute atomic E-state index is 0.0997. The largest absolute Gasteiger partial charge is 0.383 e. The molecule has 1 aliphatic rings. The zero-order chi connectivity index (χ0) is 29.1. The molecule has 7 rings (SSSR count). The molecule has 1 saturated carbocycles. The highest BCUT2D eigenvalue weighted by Gasteiger charge is 2.23. The number of imidazole rings is 3. The van der Waals surface area contributed by atoms with Crippen molar-refractivity contribution in [3.05, 3.63) is 65.5 Å². The molecular formula is C31H34FN9O. The van der Waals surface area contributed by atoms with E-state index in [9.17, 15) is 4.79 Å². The average Bonchev–Trinajstić information content (AvgIpc) is 3.75. The minimum Gasteiger partial charge on any atom is -0.383 e. The van der Waals surface area contributed by atoms with Crippen LogP contribution >= 0.6 is 0 Å². The van der Waals surface area contributed by atoms with Gasteiger partial charge in [-0.25, -0.2) is 19.2 Å². The number of nitrogens with one attached hydrogen (secondary N) is 1. The van der Waals surface area contributed by atoms with Gasteiger partial charge in [-0.3, -0.25) is 18.4 Å².